The van der Waals surface area contributed by atoms with Crippen molar-refractivity contribution < 1.29 is 0 Å². The van der Waals surface area contributed by atoms with Gasteiger partial charge in [0.1, 0.15) is 5.65 Å². The number of para-hydroxylation sites is 3. The number of hydrogen-bond donors (Lipinski definition) is 0. The highest BCUT2D eigenvalue weighted by Gasteiger charge is 2.20. The molecule has 0 unspecified atom stereocenters. The van der Waals surface area contributed by atoms with E-state index >= 15 is 0 Å². The van der Waals surface area contributed by atoms with E-state index in [0.717, 1.165) is 78.2 Å². The zero-order valence-corrected chi connectivity index (χ0v) is 30.3. The molecule has 11 rings (SSSR count). The third-order valence-corrected chi connectivity index (χ3v) is 10.8. The quantitative estimate of drug-likeness (QED) is 0.172. The second kappa shape index (κ2) is 13.0. The normalized spacial score (nSPS) is 11.6. The van der Waals surface area contributed by atoms with Crippen molar-refractivity contribution in [2.75, 3.05) is 0 Å². The predicted octanol–water partition coefficient (Wildman–Crippen LogP) is 12.7. The van der Waals surface area contributed by atoms with Crippen molar-refractivity contribution >= 4 is 43.7 Å². The first-order valence-electron chi connectivity index (χ1n) is 18.9. The maximum atomic E-state index is 5.16. The molecule has 0 atom stereocenters. The Hall–Kier alpha value is -7.63. The van der Waals surface area contributed by atoms with Crippen LogP contribution in [0.1, 0.15) is 0 Å². The molecule has 5 heteroatoms. The van der Waals surface area contributed by atoms with Crippen molar-refractivity contribution in [2.24, 2.45) is 0 Å². The molecular weight excluding hydrogens is 683 g/mol. The van der Waals surface area contributed by atoms with Gasteiger partial charge in [-0.25, -0.2) is 15.0 Å². The Kier molecular flexibility index (Phi) is 7.42. The highest BCUT2D eigenvalue weighted by atomic mass is 15.0. The first kappa shape index (κ1) is 31.9. The minimum absolute atomic E-state index is 0.681. The molecular formula is C51H33N5. The Labute approximate surface area is 323 Å². The van der Waals surface area contributed by atoms with Gasteiger partial charge in [0.25, 0.3) is 0 Å². The zero-order valence-electron chi connectivity index (χ0n) is 30.3. The van der Waals surface area contributed by atoms with Crippen molar-refractivity contribution in [1.29, 1.82) is 0 Å². The molecule has 0 bridgehead atoms. The topological polar surface area (TPSA) is 48.5 Å². The monoisotopic (exact) mass is 715 g/mol. The highest BCUT2D eigenvalue weighted by Crippen LogP contribution is 2.41. The van der Waals surface area contributed by atoms with E-state index in [-0.39, 0.29) is 0 Å². The van der Waals surface area contributed by atoms with E-state index in [2.05, 4.69) is 185 Å². The fraction of sp³-hybridized carbons (Fsp3) is 0. The number of rotatable bonds is 6. The summed E-state index contributed by atoms with van der Waals surface area (Å²) in [5.74, 6) is 0.681. The van der Waals surface area contributed by atoms with Crippen LogP contribution in [0.4, 0.5) is 0 Å². The lowest BCUT2D eigenvalue weighted by molar-refractivity contribution is 1.14. The van der Waals surface area contributed by atoms with E-state index in [1.807, 2.05) is 24.4 Å². The molecule has 4 heterocycles. The molecule has 0 aliphatic heterocycles. The summed E-state index contributed by atoms with van der Waals surface area (Å²) < 4.78 is 4.68. The third kappa shape index (κ3) is 5.21. The van der Waals surface area contributed by atoms with E-state index in [0.29, 0.717) is 5.82 Å². The second-order valence-electron chi connectivity index (χ2n) is 14.1. The van der Waals surface area contributed by atoms with Gasteiger partial charge in [-0.15, -0.1) is 0 Å². The number of nitrogens with zero attached hydrogens (tertiary/aromatic N) is 5. The van der Waals surface area contributed by atoms with Gasteiger partial charge in [0.05, 0.1) is 27.9 Å². The number of pyridine rings is 1. The standard InChI is InChI=1S/C51H33N5/c1-4-15-34(16-5-1)45-33-46(35-17-6-2-7-18-35)54-50(53-45)37-19-12-22-39(31-37)55-47-27-11-10-23-41(47)43-25-13-24-40(49(43)55)36-28-29-42-44-26-14-30-52-51(44)56(48(42)32-36)38-20-8-3-9-21-38/h1-33H. The lowest BCUT2D eigenvalue weighted by Gasteiger charge is -2.14. The molecule has 0 radical (unpaired) electrons. The Morgan fingerprint density at radius 3 is 1.73 bits per heavy atom. The third-order valence-electron chi connectivity index (χ3n) is 10.8. The lowest BCUT2D eigenvalue weighted by atomic mass is 10.0. The number of fused-ring (bicyclic) bond motifs is 6. The minimum atomic E-state index is 0.681. The highest BCUT2D eigenvalue weighted by molar-refractivity contribution is 6.15. The first-order chi connectivity index (χ1) is 27.8. The van der Waals surface area contributed by atoms with Crippen LogP contribution in [-0.4, -0.2) is 24.1 Å². The summed E-state index contributed by atoms with van der Waals surface area (Å²) in [7, 11) is 0. The molecule has 56 heavy (non-hydrogen) atoms. The molecule has 0 saturated carbocycles. The van der Waals surface area contributed by atoms with Gasteiger partial charge in [-0.05, 0) is 60.2 Å². The van der Waals surface area contributed by atoms with Gasteiger partial charge in [0.15, 0.2) is 5.82 Å². The molecule has 262 valence electrons. The Morgan fingerprint density at radius 1 is 0.357 bits per heavy atom. The lowest BCUT2D eigenvalue weighted by Crippen LogP contribution is -1.99. The van der Waals surface area contributed by atoms with Gasteiger partial charge < -0.3 is 4.57 Å². The van der Waals surface area contributed by atoms with Crippen LogP contribution in [0.5, 0.6) is 0 Å². The molecule has 0 spiro atoms. The number of hydrogen-bond acceptors (Lipinski definition) is 3. The number of aromatic nitrogens is 5. The SMILES string of the molecule is c1ccc(-c2cc(-c3ccccc3)nc(-c3cccc(-n4c5ccccc5c5cccc(-c6ccc7c8cccnc8n(-c8ccccc8)c7c6)c54)c3)n2)cc1. The maximum absolute atomic E-state index is 5.16. The average Bonchev–Trinajstić information content (AvgIpc) is 3.80. The molecule has 0 amide bonds. The van der Waals surface area contributed by atoms with Gasteiger partial charge in [-0.2, -0.15) is 0 Å². The van der Waals surface area contributed by atoms with Gasteiger partial charge >= 0.3 is 0 Å². The summed E-state index contributed by atoms with van der Waals surface area (Å²) in [6.07, 6.45) is 1.88. The molecule has 0 fully saturated rings. The van der Waals surface area contributed by atoms with Crippen molar-refractivity contribution in [3.63, 3.8) is 0 Å². The molecule has 5 nitrogen and oxygen atoms in total. The van der Waals surface area contributed by atoms with Crippen LogP contribution < -0.4 is 0 Å². The maximum Gasteiger partial charge on any atom is 0.160 e. The molecule has 0 aliphatic rings. The van der Waals surface area contributed by atoms with Crippen LogP contribution in [0.25, 0.3) is 100 Å². The van der Waals surface area contributed by atoms with E-state index in [1.54, 1.807) is 0 Å². The molecule has 0 N–H and O–H groups in total. The number of benzene rings is 7. The van der Waals surface area contributed by atoms with Crippen LogP contribution in [0, 0.1) is 0 Å². The van der Waals surface area contributed by atoms with Gasteiger partial charge in [0, 0.05) is 61.4 Å². The Bertz CT molecular complexity index is 3180. The molecule has 11 aromatic rings. The van der Waals surface area contributed by atoms with Crippen molar-refractivity contribution in [3.8, 4) is 56.4 Å². The van der Waals surface area contributed by atoms with Crippen LogP contribution in [0.3, 0.4) is 0 Å². The molecule has 0 saturated heterocycles. The van der Waals surface area contributed by atoms with E-state index in [4.69, 9.17) is 15.0 Å². The molecule has 0 aliphatic carbocycles. The first-order valence-corrected chi connectivity index (χ1v) is 18.9. The zero-order chi connectivity index (χ0) is 37.0. The van der Waals surface area contributed by atoms with Crippen molar-refractivity contribution in [1.82, 2.24) is 24.1 Å². The largest absolute Gasteiger partial charge is 0.309 e. The van der Waals surface area contributed by atoms with Gasteiger partial charge in [-0.1, -0.05) is 140 Å². The summed E-state index contributed by atoms with van der Waals surface area (Å²) in [5, 5.41) is 4.71. The van der Waals surface area contributed by atoms with Crippen LogP contribution >= 0.6 is 0 Å². The average molecular weight is 716 g/mol. The summed E-state index contributed by atoms with van der Waals surface area (Å²) in [4.78, 5) is 15.2. The van der Waals surface area contributed by atoms with Crippen LogP contribution in [0.2, 0.25) is 0 Å². The van der Waals surface area contributed by atoms with Gasteiger partial charge in [-0.3, -0.25) is 4.57 Å². The summed E-state index contributed by atoms with van der Waals surface area (Å²) in [6.45, 7) is 0. The molecule has 7 aromatic carbocycles. The Morgan fingerprint density at radius 2 is 0.964 bits per heavy atom. The van der Waals surface area contributed by atoms with Crippen molar-refractivity contribution in [3.05, 3.63) is 200 Å². The predicted molar refractivity (Wildman–Crippen MR) is 230 cm³/mol. The fourth-order valence-electron chi connectivity index (χ4n) is 8.24. The van der Waals surface area contributed by atoms with Gasteiger partial charge in [0.2, 0.25) is 0 Å². The van der Waals surface area contributed by atoms with Crippen LogP contribution in [0.15, 0.2) is 200 Å². The fourth-order valence-corrected chi connectivity index (χ4v) is 8.24. The van der Waals surface area contributed by atoms with Crippen molar-refractivity contribution in [2.45, 2.75) is 0 Å². The summed E-state index contributed by atoms with van der Waals surface area (Å²) >= 11 is 0. The van der Waals surface area contributed by atoms with E-state index in [1.165, 1.54) is 16.2 Å². The molecule has 4 aromatic heterocycles. The smallest absolute Gasteiger partial charge is 0.160 e. The van der Waals surface area contributed by atoms with E-state index in [9.17, 15) is 0 Å². The van der Waals surface area contributed by atoms with E-state index < -0.39 is 0 Å². The summed E-state index contributed by atoms with van der Waals surface area (Å²) in [6, 6.07) is 68.3. The Balaban J connectivity index is 1.13. The second-order valence-corrected chi connectivity index (χ2v) is 14.1. The van der Waals surface area contributed by atoms with Crippen LogP contribution in [-0.2, 0) is 0 Å². The minimum Gasteiger partial charge on any atom is -0.309 e. The summed E-state index contributed by atoms with van der Waals surface area (Å²) in [5.41, 5.74) is 13.6.